The third kappa shape index (κ3) is 5.63. The van der Waals surface area contributed by atoms with Crippen LogP contribution >= 0.6 is 15.9 Å². The molecule has 1 aliphatic carbocycles. The molecule has 3 N–H and O–H groups in total. The highest BCUT2D eigenvalue weighted by atomic mass is 79.9. The lowest BCUT2D eigenvalue weighted by atomic mass is 9.69. The second kappa shape index (κ2) is 12.2. The van der Waals surface area contributed by atoms with E-state index >= 15 is 0 Å². The summed E-state index contributed by atoms with van der Waals surface area (Å²) >= 11 is 3.50. The summed E-state index contributed by atoms with van der Waals surface area (Å²) in [5.74, 6) is -1.43. The second-order valence-electron chi connectivity index (χ2n) is 11.4. The van der Waals surface area contributed by atoms with Crippen molar-refractivity contribution in [1.29, 1.82) is 0 Å². The summed E-state index contributed by atoms with van der Waals surface area (Å²) in [6.07, 6.45) is 4.53. The Morgan fingerprint density at radius 1 is 1.02 bits per heavy atom. The van der Waals surface area contributed by atoms with Crippen LogP contribution in [0, 0.1) is 17.8 Å². The molecule has 0 bridgehead atoms. The van der Waals surface area contributed by atoms with Crippen LogP contribution in [0.4, 0.5) is 5.69 Å². The molecule has 0 saturated carbocycles. The van der Waals surface area contributed by atoms with Gasteiger partial charge >= 0.3 is 7.12 Å². The van der Waals surface area contributed by atoms with Crippen molar-refractivity contribution >= 4 is 57.7 Å². The van der Waals surface area contributed by atoms with E-state index in [1.54, 1.807) is 30.3 Å². The Morgan fingerprint density at radius 2 is 1.81 bits per heavy atom. The summed E-state index contributed by atoms with van der Waals surface area (Å²) in [6.45, 7) is 2.47. The molecule has 43 heavy (non-hydrogen) atoms. The van der Waals surface area contributed by atoms with E-state index in [1.807, 2.05) is 30.3 Å². The molecule has 2 saturated heterocycles. The molecule has 7 nitrogen and oxygen atoms in total. The molecule has 4 atom stereocenters. The molecular formula is C34H33BBrNO6. The van der Waals surface area contributed by atoms with E-state index in [2.05, 4.69) is 35.0 Å². The zero-order chi connectivity index (χ0) is 30.2. The fraction of sp³-hybridized carbons (Fsp3) is 0.294. The van der Waals surface area contributed by atoms with Gasteiger partial charge in [0.25, 0.3) is 0 Å². The number of carbonyl (C=O) groups excluding carboxylic acids is 2. The third-order valence-corrected chi connectivity index (χ3v) is 9.49. The zero-order valence-electron chi connectivity index (χ0n) is 23.8. The molecule has 0 radical (unpaired) electrons. The first-order valence-corrected chi connectivity index (χ1v) is 15.5. The largest absolute Gasteiger partial charge is 0.507 e. The van der Waals surface area contributed by atoms with E-state index in [-0.39, 0.29) is 35.0 Å². The van der Waals surface area contributed by atoms with Crippen LogP contribution in [0.5, 0.6) is 5.75 Å². The van der Waals surface area contributed by atoms with E-state index in [0.717, 1.165) is 33.2 Å². The van der Waals surface area contributed by atoms with Crippen molar-refractivity contribution < 1.29 is 29.5 Å². The topological polar surface area (TPSA) is 107 Å². The molecule has 2 heterocycles. The van der Waals surface area contributed by atoms with Crippen LogP contribution in [0.25, 0.3) is 11.6 Å². The summed E-state index contributed by atoms with van der Waals surface area (Å²) in [5, 5.41) is 29.8. The molecule has 2 aliphatic heterocycles. The minimum absolute atomic E-state index is 0.172. The van der Waals surface area contributed by atoms with Crippen molar-refractivity contribution in [3.8, 4) is 5.75 Å². The Morgan fingerprint density at radius 3 is 2.56 bits per heavy atom. The third-order valence-electron chi connectivity index (χ3n) is 9.00. The van der Waals surface area contributed by atoms with E-state index in [4.69, 9.17) is 4.74 Å². The van der Waals surface area contributed by atoms with Crippen molar-refractivity contribution in [3.63, 3.8) is 0 Å². The number of amides is 2. The number of fused-ring (bicyclic) bond motifs is 3. The summed E-state index contributed by atoms with van der Waals surface area (Å²) in [6, 6.07) is 21.8. The van der Waals surface area contributed by atoms with Crippen molar-refractivity contribution in [2.24, 2.45) is 17.8 Å². The van der Waals surface area contributed by atoms with Crippen LogP contribution in [-0.2, 0) is 14.3 Å². The van der Waals surface area contributed by atoms with Gasteiger partial charge in [0.05, 0.1) is 30.2 Å². The first-order chi connectivity index (χ1) is 20.8. The molecule has 0 aromatic heterocycles. The van der Waals surface area contributed by atoms with Gasteiger partial charge in [0, 0.05) is 16.0 Å². The number of halogens is 1. The lowest BCUT2D eigenvalue weighted by Gasteiger charge is -2.31. The van der Waals surface area contributed by atoms with Crippen LogP contribution in [0.3, 0.4) is 0 Å². The van der Waals surface area contributed by atoms with E-state index in [0.29, 0.717) is 31.6 Å². The molecule has 0 spiro atoms. The Balaban J connectivity index is 1.27. The highest BCUT2D eigenvalue weighted by molar-refractivity contribution is 9.10. The van der Waals surface area contributed by atoms with Gasteiger partial charge in [-0.25, -0.2) is 0 Å². The number of ether oxygens (including phenoxy) is 1. The second-order valence-corrected chi connectivity index (χ2v) is 12.4. The number of nitrogens with zero attached hydrogens (tertiary/aromatic N) is 1. The van der Waals surface area contributed by atoms with E-state index in [9.17, 15) is 24.7 Å². The lowest BCUT2D eigenvalue weighted by Crippen LogP contribution is -2.35. The normalized spacial score (nSPS) is 23.5. The molecule has 3 aliphatic rings. The number of hydrogen-bond donors (Lipinski definition) is 3. The maximum atomic E-state index is 13.9. The monoisotopic (exact) mass is 641 g/mol. The van der Waals surface area contributed by atoms with Crippen molar-refractivity contribution in [2.75, 3.05) is 11.5 Å². The SMILES string of the molecule is CCC1=C2[C@@H](CC/C(=C/c3cc(Br)ccc3O)c3ccccc3)OC[C@@H]2[C@@H]2C(=O)N(c3cccc(B(O)O)c3)C(=O)[C@@H]2C1. The molecule has 9 heteroatoms. The van der Waals surface area contributed by atoms with Gasteiger partial charge in [0.2, 0.25) is 11.8 Å². The van der Waals surface area contributed by atoms with Gasteiger partial charge in [-0.15, -0.1) is 0 Å². The summed E-state index contributed by atoms with van der Waals surface area (Å²) < 4.78 is 7.28. The number of rotatable bonds is 8. The standard InChI is InChI=1S/C34H33BBrNO6/c1-2-20-17-27-32(34(40)37(33(27)39)26-10-6-9-24(18-26)35(41)42)28-19-43-30(31(20)28)14-11-22(21-7-4-3-5-8-21)15-23-16-25(36)12-13-29(23)38/h3-10,12-13,15-16,18,27-28,30,32,38,41-42H,2,11,14,17,19H2,1H3/b22-15-/t27-,28+,30-,32-/m1/s1. The van der Waals surface area contributed by atoms with E-state index < -0.39 is 19.0 Å². The Hall–Kier alpha value is -3.50. The number of phenols is 1. The number of allylic oxidation sites excluding steroid dienone is 2. The number of benzene rings is 3. The Bertz CT molecular complexity index is 1620. The highest BCUT2D eigenvalue weighted by Crippen LogP contribution is 2.51. The van der Waals surface area contributed by atoms with Gasteiger partial charge in [0.1, 0.15) is 5.75 Å². The molecule has 2 fully saturated rings. The fourth-order valence-electron chi connectivity index (χ4n) is 6.96. The minimum atomic E-state index is -1.69. The molecule has 0 unspecified atom stereocenters. The first kappa shape index (κ1) is 29.6. The van der Waals surface area contributed by atoms with Gasteiger partial charge in [-0.1, -0.05) is 70.9 Å². The molecule has 2 amide bonds. The Labute approximate surface area is 259 Å². The van der Waals surface area contributed by atoms with Crippen LogP contribution in [0.15, 0.2) is 88.4 Å². The minimum Gasteiger partial charge on any atom is -0.507 e. The van der Waals surface area contributed by atoms with Gasteiger partial charge < -0.3 is 19.9 Å². The number of hydrogen-bond acceptors (Lipinski definition) is 6. The molecule has 3 aromatic carbocycles. The average molecular weight is 642 g/mol. The maximum absolute atomic E-state index is 13.9. The zero-order valence-corrected chi connectivity index (χ0v) is 25.4. The number of phenolic OH excluding ortho intramolecular Hbond substituents is 1. The van der Waals surface area contributed by atoms with Crippen LogP contribution in [0.1, 0.15) is 43.7 Å². The molecule has 220 valence electrons. The number of imide groups is 1. The van der Waals surface area contributed by atoms with Gasteiger partial charge in [0.15, 0.2) is 0 Å². The summed E-state index contributed by atoms with van der Waals surface area (Å²) in [5.41, 5.74) is 5.78. The van der Waals surface area contributed by atoms with Gasteiger partial charge in [-0.3, -0.25) is 14.5 Å². The number of anilines is 1. The van der Waals surface area contributed by atoms with Crippen LogP contribution in [0.2, 0.25) is 0 Å². The fourth-order valence-corrected chi connectivity index (χ4v) is 7.34. The number of carbonyl (C=O) groups is 2. The predicted octanol–water partition coefficient (Wildman–Crippen LogP) is 5.09. The van der Waals surface area contributed by atoms with Crippen molar-refractivity contribution in [2.45, 2.75) is 38.7 Å². The van der Waals surface area contributed by atoms with Crippen LogP contribution < -0.4 is 10.4 Å². The molecular weight excluding hydrogens is 609 g/mol. The van der Waals surface area contributed by atoms with Gasteiger partial charge in [-0.2, -0.15) is 0 Å². The Kier molecular flexibility index (Phi) is 8.42. The quantitative estimate of drug-likeness (QED) is 0.137. The molecule has 6 rings (SSSR count). The van der Waals surface area contributed by atoms with Gasteiger partial charge in [-0.05, 0) is 84.3 Å². The smallest absolute Gasteiger partial charge is 0.488 e. The average Bonchev–Trinajstić information content (AvgIpc) is 3.54. The maximum Gasteiger partial charge on any atom is 0.488 e. The highest BCUT2D eigenvalue weighted by Gasteiger charge is 2.57. The molecule has 3 aromatic rings. The van der Waals surface area contributed by atoms with Crippen LogP contribution in [-0.4, -0.2) is 46.8 Å². The van der Waals surface area contributed by atoms with Crippen molar-refractivity contribution in [1.82, 2.24) is 0 Å². The lowest BCUT2D eigenvalue weighted by molar-refractivity contribution is -0.122. The summed E-state index contributed by atoms with van der Waals surface area (Å²) in [4.78, 5) is 28.7. The number of aromatic hydroxyl groups is 1. The summed E-state index contributed by atoms with van der Waals surface area (Å²) in [7, 11) is -1.69. The first-order valence-electron chi connectivity index (χ1n) is 14.7. The van der Waals surface area contributed by atoms with E-state index in [1.165, 1.54) is 16.5 Å². The van der Waals surface area contributed by atoms with Crippen molar-refractivity contribution in [3.05, 3.63) is 99.5 Å². The predicted molar refractivity (Wildman–Crippen MR) is 170 cm³/mol.